The van der Waals surface area contributed by atoms with Crippen LogP contribution in [0.25, 0.3) is 0 Å². The van der Waals surface area contributed by atoms with Crippen molar-refractivity contribution in [3.05, 3.63) is 12.2 Å². The summed E-state index contributed by atoms with van der Waals surface area (Å²) in [5, 5.41) is 0. The Hall–Kier alpha value is -0.323. The fourth-order valence-corrected chi connectivity index (χ4v) is 3.39. The molecular formula is C11H21ClO3Si. The minimum Gasteiger partial charge on any atom is -0.460 e. The Bertz CT molecular complexity index is 248. The number of hydrogen-bond acceptors (Lipinski definition) is 3. The van der Waals surface area contributed by atoms with E-state index in [1.165, 1.54) is 0 Å². The summed E-state index contributed by atoms with van der Waals surface area (Å²) >= 11 is 6.28. The molecule has 0 fully saturated rings. The largest absolute Gasteiger partial charge is 0.460 e. The van der Waals surface area contributed by atoms with Crippen molar-refractivity contribution in [3.8, 4) is 0 Å². The first-order chi connectivity index (χ1) is 7.29. The van der Waals surface area contributed by atoms with Crippen molar-refractivity contribution in [1.82, 2.24) is 0 Å². The number of rotatable bonds is 7. The summed E-state index contributed by atoms with van der Waals surface area (Å²) < 4.78 is 10.5. The fraction of sp³-hybridized carbons (Fsp3) is 0.727. The molecular weight excluding hydrogens is 244 g/mol. The van der Waals surface area contributed by atoms with Gasteiger partial charge in [0.15, 0.2) is 7.38 Å². The van der Waals surface area contributed by atoms with E-state index in [9.17, 15) is 4.79 Å². The summed E-state index contributed by atoms with van der Waals surface area (Å²) in [5.41, 5.74) is 0.497. The number of carbonyl (C=O) groups is 1. The summed E-state index contributed by atoms with van der Waals surface area (Å²) in [6.07, 6.45) is 0.886. The molecule has 0 rings (SSSR count). The Labute approximate surface area is 103 Å². The predicted octanol–water partition coefficient (Wildman–Crippen LogP) is 2.88. The Morgan fingerprint density at radius 1 is 1.44 bits per heavy atom. The van der Waals surface area contributed by atoms with Gasteiger partial charge in [-0.05, 0) is 13.3 Å². The highest BCUT2D eigenvalue weighted by Crippen LogP contribution is 2.19. The molecule has 0 aliphatic carbocycles. The highest BCUT2D eigenvalue weighted by Gasteiger charge is 2.29. The van der Waals surface area contributed by atoms with Crippen LogP contribution in [0.4, 0.5) is 0 Å². The zero-order valence-electron chi connectivity index (χ0n) is 10.5. The van der Waals surface area contributed by atoms with E-state index in [0.29, 0.717) is 12.2 Å². The molecule has 1 atom stereocenters. The molecule has 0 saturated heterocycles. The van der Waals surface area contributed by atoms with E-state index in [1.54, 1.807) is 6.92 Å². The van der Waals surface area contributed by atoms with Crippen LogP contribution in [0, 0.1) is 0 Å². The molecule has 0 spiro atoms. The molecule has 94 valence electrons. The quantitative estimate of drug-likeness (QED) is 0.233. The van der Waals surface area contributed by atoms with E-state index in [1.807, 2.05) is 20.0 Å². The first-order valence-corrected chi connectivity index (χ1v) is 9.51. The maximum Gasteiger partial charge on any atom is 0.333 e. The highest BCUT2D eigenvalue weighted by atomic mass is 35.6. The number of esters is 1. The summed E-state index contributed by atoms with van der Waals surface area (Å²) in [4.78, 5) is 11.1. The average molecular weight is 265 g/mol. The lowest BCUT2D eigenvalue weighted by Gasteiger charge is -2.25. The summed E-state index contributed by atoms with van der Waals surface area (Å²) in [7, 11) is -1.79. The lowest BCUT2D eigenvalue weighted by atomic mass is 10.4. The molecule has 0 heterocycles. The summed E-state index contributed by atoms with van der Waals surface area (Å²) in [6.45, 7) is 11.9. The van der Waals surface area contributed by atoms with Crippen molar-refractivity contribution in [2.75, 3.05) is 13.2 Å². The van der Waals surface area contributed by atoms with E-state index in [0.717, 1.165) is 6.42 Å². The molecule has 0 amide bonds. The average Bonchev–Trinajstić information content (AvgIpc) is 2.15. The molecule has 0 saturated carbocycles. The monoisotopic (exact) mass is 264 g/mol. The predicted molar refractivity (Wildman–Crippen MR) is 69.1 cm³/mol. The molecule has 0 aliphatic rings. The molecule has 0 aromatic carbocycles. The molecule has 0 aromatic rings. The Morgan fingerprint density at radius 2 is 2.00 bits per heavy atom. The number of hydrogen-bond donors (Lipinski definition) is 0. The first kappa shape index (κ1) is 15.7. The summed E-state index contributed by atoms with van der Waals surface area (Å²) in [5.74, 6) is -0.376. The van der Waals surface area contributed by atoms with Gasteiger partial charge in [-0.3, -0.25) is 0 Å². The standard InChI is InChI=1S/C11H21ClO3Si/c1-6-10(16(4,5)12)14-7-8-15-11(13)9(2)3/h10H,2,6-8H2,1,3-5H3. The van der Waals surface area contributed by atoms with Crippen LogP contribution in [0.5, 0.6) is 0 Å². The second-order valence-corrected chi connectivity index (χ2v) is 10.9. The van der Waals surface area contributed by atoms with Crippen molar-refractivity contribution in [1.29, 1.82) is 0 Å². The van der Waals surface area contributed by atoms with E-state index in [-0.39, 0.29) is 18.3 Å². The van der Waals surface area contributed by atoms with Crippen LogP contribution in [-0.4, -0.2) is 32.3 Å². The maximum absolute atomic E-state index is 11.1. The number of carbonyl (C=O) groups excluding carboxylic acids is 1. The van der Waals surface area contributed by atoms with Crippen molar-refractivity contribution in [2.45, 2.75) is 39.1 Å². The lowest BCUT2D eigenvalue weighted by Crippen LogP contribution is -2.38. The van der Waals surface area contributed by atoms with Gasteiger partial charge >= 0.3 is 5.97 Å². The molecule has 0 aliphatic heterocycles. The molecule has 0 aromatic heterocycles. The molecule has 0 N–H and O–H groups in total. The van der Waals surface area contributed by atoms with Gasteiger partial charge < -0.3 is 9.47 Å². The third-order valence-electron chi connectivity index (χ3n) is 2.12. The van der Waals surface area contributed by atoms with Gasteiger partial charge in [0, 0.05) is 5.57 Å². The van der Waals surface area contributed by atoms with Crippen molar-refractivity contribution >= 4 is 24.4 Å². The van der Waals surface area contributed by atoms with Crippen LogP contribution in [0.1, 0.15) is 20.3 Å². The van der Waals surface area contributed by atoms with Gasteiger partial charge in [-0.1, -0.05) is 26.6 Å². The maximum atomic E-state index is 11.1. The van der Waals surface area contributed by atoms with E-state index in [2.05, 4.69) is 6.58 Å². The van der Waals surface area contributed by atoms with Gasteiger partial charge in [0.1, 0.15) is 6.61 Å². The topological polar surface area (TPSA) is 35.5 Å². The Balaban J connectivity index is 3.81. The highest BCUT2D eigenvalue weighted by molar-refractivity contribution is 7.19. The second kappa shape index (κ2) is 7.09. The van der Waals surface area contributed by atoms with Gasteiger partial charge in [-0.25, -0.2) is 4.79 Å². The van der Waals surface area contributed by atoms with Crippen molar-refractivity contribution in [3.63, 3.8) is 0 Å². The molecule has 0 bridgehead atoms. The molecule has 5 heteroatoms. The Morgan fingerprint density at radius 3 is 2.38 bits per heavy atom. The van der Waals surface area contributed by atoms with Gasteiger partial charge in [-0.2, -0.15) is 11.1 Å². The van der Waals surface area contributed by atoms with Crippen LogP contribution in [-0.2, 0) is 14.3 Å². The van der Waals surface area contributed by atoms with E-state index < -0.39 is 7.38 Å². The molecule has 1 unspecified atom stereocenters. The minimum atomic E-state index is -1.79. The van der Waals surface area contributed by atoms with Crippen molar-refractivity contribution in [2.24, 2.45) is 0 Å². The normalized spacial score (nSPS) is 13.3. The van der Waals surface area contributed by atoms with Gasteiger partial charge in [0.25, 0.3) is 0 Å². The van der Waals surface area contributed by atoms with Crippen LogP contribution < -0.4 is 0 Å². The van der Waals surface area contributed by atoms with Crippen LogP contribution in [0.3, 0.4) is 0 Å². The van der Waals surface area contributed by atoms with E-state index in [4.69, 9.17) is 20.6 Å². The van der Waals surface area contributed by atoms with E-state index >= 15 is 0 Å². The third-order valence-corrected chi connectivity index (χ3v) is 4.96. The summed E-state index contributed by atoms with van der Waals surface area (Å²) in [6, 6.07) is 0. The van der Waals surface area contributed by atoms with Crippen molar-refractivity contribution < 1.29 is 14.3 Å². The third kappa shape index (κ3) is 6.30. The molecule has 0 radical (unpaired) electrons. The minimum absolute atomic E-state index is 0.0951. The molecule has 3 nitrogen and oxygen atoms in total. The molecule has 16 heavy (non-hydrogen) atoms. The van der Waals surface area contributed by atoms with Crippen LogP contribution >= 0.6 is 11.1 Å². The Kier molecular flexibility index (Phi) is 6.95. The van der Waals surface area contributed by atoms with Gasteiger partial charge in [-0.15, -0.1) is 0 Å². The van der Waals surface area contributed by atoms with Crippen LogP contribution in [0.2, 0.25) is 13.1 Å². The first-order valence-electron chi connectivity index (χ1n) is 5.42. The van der Waals surface area contributed by atoms with Crippen LogP contribution in [0.15, 0.2) is 12.2 Å². The second-order valence-electron chi connectivity index (χ2n) is 4.25. The zero-order valence-corrected chi connectivity index (χ0v) is 12.3. The number of ether oxygens (including phenoxy) is 2. The number of halogens is 1. The SMILES string of the molecule is C=C(C)C(=O)OCCOC(CC)[Si](C)(C)Cl. The van der Waals surface area contributed by atoms with Gasteiger partial charge in [0.2, 0.25) is 0 Å². The lowest BCUT2D eigenvalue weighted by molar-refractivity contribution is -0.140. The zero-order chi connectivity index (χ0) is 12.8. The fourth-order valence-electron chi connectivity index (χ4n) is 1.25. The van der Waals surface area contributed by atoms with Gasteiger partial charge in [0.05, 0.1) is 12.3 Å². The smallest absolute Gasteiger partial charge is 0.333 e.